The van der Waals surface area contributed by atoms with Crippen LogP contribution in [0.4, 0.5) is 5.69 Å². The second-order valence-corrected chi connectivity index (χ2v) is 6.31. The molecule has 1 aromatic rings. The highest BCUT2D eigenvalue weighted by Gasteiger charge is 2.26. The Kier molecular flexibility index (Phi) is 5.05. The van der Waals surface area contributed by atoms with E-state index in [-0.39, 0.29) is 5.91 Å². The van der Waals surface area contributed by atoms with E-state index in [1.54, 1.807) is 0 Å². The Morgan fingerprint density at radius 3 is 2.85 bits per heavy atom. The first-order valence-corrected chi connectivity index (χ1v) is 7.68. The van der Waals surface area contributed by atoms with E-state index in [0.29, 0.717) is 18.4 Å². The number of nitrogen functional groups attached to an aromatic ring is 1. The number of aryl methyl sites for hydroxylation is 1. The first kappa shape index (κ1) is 14.9. The third-order valence-electron chi connectivity index (χ3n) is 4.37. The Morgan fingerprint density at radius 1 is 1.35 bits per heavy atom. The molecule has 1 aliphatic carbocycles. The van der Waals surface area contributed by atoms with Gasteiger partial charge in [-0.2, -0.15) is 0 Å². The van der Waals surface area contributed by atoms with Crippen molar-refractivity contribution < 1.29 is 4.79 Å². The fourth-order valence-corrected chi connectivity index (χ4v) is 3.17. The summed E-state index contributed by atoms with van der Waals surface area (Å²) < 4.78 is 0. The van der Waals surface area contributed by atoms with Gasteiger partial charge in [0.1, 0.15) is 0 Å². The van der Waals surface area contributed by atoms with Crippen LogP contribution in [0.2, 0.25) is 0 Å². The number of amides is 1. The molecule has 0 heterocycles. The molecule has 2 rings (SSSR count). The smallest absolute Gasteiger partial charge is 0.220 e. The average molecular weight is 274 g/mol. The van der Waals surface area contributed by atoms with E-state index < -0.39 is 0 Å². The SMILES string of the molecule is CC1CCC(NC(=O)CCc2cccc(N)c2)C(C)C1. The zero-order valence-corrected chi connectivity index (χ0v) is 12.6. The van der Waals surface area contributed by atoms with Crippen LogP contribution >= 0.6 is 0 Å². The van der Waals surface area contributed by atoms with Crippen molar-refractivity contribution in [2.75, 3.05) is 5.73 Å². The number of nitrogens with two attached hydrogens (primary N) is 1. The van der Waals surface area contributed by atoms with Crippen molar-refractivity contribution in [2.24, 2.45) is 11.8 Å². The van der Waals surface area contributed by atoms with Gasteiger partial charge < -0.3 is 11.1 Å². The maximum Gasteiger partial charge on any atom is 0.220 e. The van der Waals surface area contributed by atoms with Gasteiger partial charge in [0, 0.05) is 18.2 Å². The lowest BCUT2D eigenvalue weighted by Gasteiger charge is -2.33. The van der Waals surface area contributed by atoms with E-state index in [1.807, 2.05) is 24.3 Å². The summed E-state index contributed by atoms with van der Waals surface area (Å²) in [5.41, 5.74) is 7.64. The van der Waals surface area contributed by atoms with Crippen molar-refractivity contribution in [2.45, 2.75) is 52.0 Å². The minimum atomic E-state index is 0.166. The minimum absolute atomic E-state index is 0.166. The normalized spacial score (nSPS) is 26.2. The lowest BCUT2D eigenvalue weighted by molar-refractivity contribution is -0.122. The van der Waals surface area contributed by atoms with Crippen LogP contribution in [0.3, 0.4) is 0 Å². The molecule has 0 aromatic heterocycles. The van der Waals surface area contributed by atoms with E-state index in [2.05, 4.69) is 19.2 Å². The van der Waals surface area contributed by atoms with Gasteiger partial charge in [0.15, 0.2) is 0 Å². The van der Waals surface area contributed by atoms with Gasteiger partial charge in [-0.25, -0.2) is 0 Å². The number of nitrogens with one attached hydrogen (secondary N) is 1. The van der Waals surface area contributed by atoms with Gasteiger partial charge in [-0.05, 0) is 55.2 Å². The highest BCUT2D eigenvalue weighted by Crippen LogP contribution is 2.28. The van der Waals surface area contributed by atoms with Crippen LogP contribution in [-0.2, 0) is 11.2 Å². The number of benzene rings is 1. The summed E-state index contributed by atoms with van der Waals surface area (Å²) in [7, 11) is 0. The van der Waals surface area contributed by atoms with Crippen LogP contribution in [0.1, 0.15) is 45.1 Å². The second kappa shape index (κ2) is 6.78. The average Bonchev–Trinajstić information content (AvgIpc) is 2.40. The summed E-state index contributed by atoms with van der Waals surface area (Å²) in [6, 6.07) is 8.13. The number of carbonyl (C=O) groups excluding carboxylic acids is 1. The topological polar surface area (TPSA) is 55.1 Å². The quantitative estimate of drug-likeness (QED) is 0.829. The van der Waals surface area contributed by atoms with Crippen LogP contribution in [0, 0.1) is 11.8 Å². The molecular weight excluding hydrogens is 248 g/mol. The van der Waals surface area contributed by atoms with Crippen LogP contribution in [0.15, 0.2) is 24.3 Å². The van der Waals surface area contributed by atoms with Gasteiger partial charge >= 0.3 is 0 Å². The van der Waals surface area contributed by atoms with Crippen molar-refractivity contribution >= 4 is 11.6 Å². The molecular formula is C17H26N2O. The first-order valence-electron chi connectivity index (χ1n) is 7.68. The number of anilines is 1. The number of carbonyl (C=O) groups is 1. The molecule has 0 spiro atoms. The van der Waals surface area contributed by atoms with Crippen molar-refractivity contribution in [1.29, 1.82) is 0 Å². The Hall–Kier alpha value is -1.51. The van der Waals surface area contributed by atoms with Crippen molar-refractivity contribution in [1.82, 2.24) is 5.32 Å². The number of hydrogen-bond acceptors (Lipinski definition) is 2. The van der Waals surface area contributed by atoms with E-state index in [0.717, 1.165) is 30.0 Å². The van der Waals surface area contributed by atoms with E-state index in [9.17, 15) is 4.79 Å². The van der Waals surface area contributed by atoms with Crippen molar-refractivity contribution in [3.8, 4) is 0 Å². The van der Waals surface area contributed by atoms with Crippen LogP contribution in [-0.4, -0.2) is 11.9 Å². The van der Waals surface area contributed by atoms with Gasteiger partial charge in [0.25, 0.3) is 0 Å². The lowest BCUT2D eigenvalue weighted by Crippen LogP contribution is -2.42. The number of hydrogen-bond donors (Lipinski definition) is 2. The molecule has 20 heavy (non-hydrogen) atoms. The standard InChI is InChI=1S/C17H26N2O/c1-12-6-8-16(13(2)10-12)19-17(20)9-7-14-4-3-5-15(18)11-14/h3-5,11-13,16H,6-10,18H2,1-2H3,(H,19,20). The lowest BCUT2D eigenvalue weighted by atomic mass is 9.80. The summed E-state index contributed by atoms with van der Waals surface area (Å²) in [6.45, 7) is 4.55. The predicted octanol–water partition coefficient (Wildman–Crippen LogP) is 3.14. The summed E-state index contributed by atoms with van der Waals surface area (Å²) >= 11 is 0. The Morgan fingerprint density at radius 2 is 2.15 bits per heavy atom. The zero-order valence-electron chi connectivity index (χ0n) is 12.6. The molecule has 3 nitrogen and oxygen atoms in total. The molecule has 1 fully saturated rings. The highest BCUT2D eigenvalue weighted by molar-refractivity contribution is 5.76. The number of rotatable bonds is 4. The molecule has 3 N–H and O–H groups in total. The summed E-state index contributed by atoms with van der Waals surface area (Å²) in [5, 5.41) is 3.20. The largest absolute Gasteiger partial charge is 0.399 e. The van der Waals surface area contributed by atoms with Crippen molar-refractivity contribution in [3.63, 3.8) is 0 Å². The first-order chi connectivity index (χ1) is 9.54. The third-order valence-corrected chi connectivity index (χ3v) is 4.37. The van der Waals surface area contributed by atoms with Gasteiger partial charge in [0.2, 0.25) is 5.91 Å². The van der Waals surface area contributed by atoms with Crippen LogP contribution < -0.4 is 11.1 Å². The fraction of sp³-hybridized carbons (Fsp3) is 0.588. The van der Waals surface area contributed by atoms with Gasteiger partial charge in [-0.15, -0.1) is 0 Å². The maximum absolute atomic E-state index is 12.1. The summed E-state index contributed by atoms with van der Waals surface area (Å²) in [4.78, 5) is 12.1. The molecule has 1 amide bonds. The molecule has 3 unspecified atom stereocenters. The second-order valence-electron chi connectivity index (χ2n) is 6.31. The minimum Gasteiger partial charge on any atom is -0.399 e. The third kappa shape index (κ3) is 4.26. The van der Waals surface area contributed by atoms with Crippen molar-refractivity contribution in [3.05, 3.63) is 29.8 Å². The van der Waals surface area contributed by atoms with E-state index in [4.69, 9.17) is 5.73 Å². The highest BCUT2D eigenvalue weighted by atomic mass is 16.1. The van der Waals surface area contributed by atoms with Gasteiger partial charge in [-0.3, -0.25) is 4.79 Å². The summed E-state index contributed by atoms with van der Waals surface area (Å²) in [6.07, 6.45) is 4.87. The monoisotopic (exact) mass is 274 g/mol. The molecule has 0 bridgehead atoms. The van der Waals surface area contributed by atoms with Crippen LogP contribution in [0.25, 0.3) is 0 Å². The molecule has 0 radical (unpaired) electrons. The zero-order chi connectivity index (χ0) is 14.5. The molecule has 110 valence electrons. The van der Waals surface area contributed by atoms with Gasteiger partial charge in [-0.1, -0.05) is 26.0 Å². The predicted molar refractivity (Wildman–Crippen MR) is 83.3 cm³/mol. The molecule has 1 aromatic carbocycles. The van der Waals surface area contributed by atoms with Gasteiger partial charge in [0.05, 0.1) is 0 Å². The van der Waals surface area contributed by atoms with Crippen LogP contribution in [0.5, 0.6) is 0 Å². The Balaban J connectivity index is 1.78. The molecule has 1 saturated carbocycles. The molecule has 1 aliphatic rings. The van der Waals surface area contributed by atoms with E-state index >= 15 is 0 Å². The maximum atomic E-state index is 12.1. The molecule has 0 aliphatic heterocycles. The molecule has 3 atom stereocenters. The summed E-state index contributed by atoms with van der Waals surface area (Å²) in [5.74, 6) is 1.55. The Labute approximate surface area is 121 Å². The van der Waals surface area contributed by atoms with E-state index in [1.165, 1.54) is 12.8 Å². The Bertz CT molecular complexity index is 458. The molecule has 0 saturated heterocycles. The fourth-order valence-electron chi connectivity index (χ4n) is 3.17. The molecule has 3 heteroatoms.